The molecule has 1 aromatic heterocycles. The monoisotopic (exact) mass is 346 g/mol. The summed E-state index contributed by atoms with van der Waals surface area (Å²) in [4.78, 5) is 27.0. The van der Waals surface area contributed by atoms with E-state index in [0.29, 0.717) is 38.3 Å². The van der Waals surface area contributed by atoms with Crippen LogP contribution in [0.15, 0.2) is 41.1 Å². The number of aromatic nitrogens is 2. The number of nitrogens with zero attached hydrogens (tertiary/aromatic N) is 4. The van der Waals surface area contributed by atoms with E-state index in [0.717, 1.165) is 0 Å². The van der Waals surface area contributed by atoms with Crippen molar-refractivity contribution in [3.05, 3.63) is 42.1 Å². The lowest BCUT2D eigenvalue weighted by molar-refractivity contribution is -0.759. The minimum Gasteiger partial charge on any atom is -0.450 e. The number of anilines is 1. The summed E-state index contributed by atoms with van der Waals surface area (Å²) in [6.07, 6.45) is 1.30. The van der Waals surface area contributed by atoms with Crippen molar-refractivity contribution in [1.82, 2.24) is 10.2 Å². The van der Waals surface area contributed by atoms with Gasteiger partial charge in [0.25, 0.3) is 12.1 Å². The van der Waals surface area contributed by atoms with Crippen LogP contribution in [-0.4, -0.2) is 55.0 Å². The zero-order valence-corrected chi connectivity index (χ0v) is 13.9. The van der Waals surface area contributed by atoms with E-state index in [-0.39, 0.29) is 17.9 Å². The van der Waals surface area contributed by atoms with Crippen molar-refractivity contribution in [3.8, 4) is 0 Å². The molecule has 1 aromatic carbocycles. The largest absolute Gasteiger partial charge is 0.450 e. The number of carbonyl (C=O) groups is 2. The van der Waals surface area contributed by atoms with Crippen molar-refractivity contribution in [1.29, 1.82) is 0 Å². The molecule has 2 amide bonds. The zero-order chi connectivity index (χ0) is 17.6. The lowest BCUT2D eigenvalue weighted by atomic mass is 10.2. The van der Waals surface area contributed by atoms with Crippen molar-refractivity contribution >= 4 is 17.9 Å². The fraction of sp³-hybridized carbons (Fsp3) is 0.375. The summed E-state index contributed by atoms with van der Waals surface area (Å²) < 4.78 is 10.1. The first-order valence-electron chi connectivity index (χ1n) is 8.09. The molecule has 1 fully saturated rings. The van der Waals surface area contributed by atoms with Crippen LogP contribution in [0.2, 0.25) is 0 Å². The van der Waals surface area contributed by atoms with E-state index in [1.54, 1.807) is 42.3 Å². The highest BCUT2D eigenvalue weighted by Gasteiger charge is 2.29. The number of benzene rings is 1. The van der Waals surface area contributed by atoms with Gasteiger partial charge in [0, 0.05) is 18.7 Å². The molecule has 2 aromatic rings. The molecule has 3 rings (SSSR count). The number of rotatable bonds is 4. The third kappa shape index (κ3) is 4.06. The minimum atomic E-state index is -0.303. The first-order chi connectivity index (χ1) is 12.2. The molecule has 25 heavy (non-hydrogen) atoms. The van der Waals surface area contributed by atoms with Gasteiger partial charge in [0.1, 0.15) is 0 Å². The predicted octanol–water partition coefficient (Wildman–Crippen LogP) is 0.624. The van der Waals surface area contributed by atoms with Crippen molar-refractivity contribution in [2.24, 2.45) is 0 Å². The highest BCUT2D eigenvalue weighted by Crippen LogP contribution is 2.07. The second kappa shape index (κ2) is 7.65. The quantitative estimate of drug-likeness (QED) is 0.816. The van der Waals surface area contributed by atoms with E-state index < -0.39 is 0 Å². The van der Waals surface area contributed by atoms with Crippen LogP contribution in [0.4, 0.5) is 10.7 Å². The number of amides is 2. The summed E-state index contributed by atoms with van der Waals surface area (Å²) in [5.74, 6) is -0.0160. The zero-order valence-electron chi connectivity index (χ0n) is 13.9. The molecule has 132 valence electrons. The number of nitrogens with one attached hydrogen (secondary N) is 1. The molecular weight excluding hydrogens is 326 g/mol. The molecule has 0 spiro atoms. The van der Waals surface area contributed by atoms with E-state index >= 15 is 0 Å². The number of piperazine rings is 1. The maximum Gasteiger partial charge on any atom is 0.409 e. The van der Waals surface area contributed by atoms with Crippen LogP contribution in [0.1, 0.15) is 17.3 Å². The Bertz CT molecular complexity index is 725. The van der Waals surface area contributed by atoms with Gasteiger partial charge in [0.05, 0.1) is 24.5 Å². The molecule has 0 bridgehead atoms. The summed E-state index contributed by atoms with van der Waals surface area (Å²) in [6, 6.07) is 8.86. The molecule has 1 saturated heterocycles. The predicted molar refractivity (Wildman–Crippen MR) is 87.6 cm³/mol. The molecule has 9 heteroatoms. The normalized spacial score (nSPS) is 14.3. The molecule has 1 aliphatic heterocycles. The Morgan fingerprint density at radius 1 is 1.24 bits per heavy atom. The second-order valence-electron chi connectivity index (χ2n) is 5.45. The van der Waals surface area contributed by atoms with Crippen molar-refractivity contribution in [2.45, 2.75) is 6.92 Å². The molecule has 0 aliphatic carbocycles. The van der Waals surface area contributed by atoms with Gasteiger partial charge < -0.3 is 9.64 Å². The summed E-state index contributed by atoms with van der Waals surface area (Å²) in [5, 5.41) is 8.49. The maximum atomic E-state index is 12.1. The average Bonchev–Trinajstić information content (AvgIpc) is 3.11. The van der Waals surface area contributed by atoms with Crippen molar-refractivity contribution < 1.29 is 23.6 Å². The van der Waals surface area contributed by atoms with Gasteiger partial charge in [-0.2, -0.15) is 0 Å². The Morgan fingerprint density at radius 2 is 1.96 bits per heavy atom. The molecule has 0 radical (unpaired) electrons. The summed E-state index contributed by atoms with van der Waals surface area (Å²) >= 11 is 0. The van der Waals surface area contributed by atoms with Gasteiger partial charge in [-0.3, -0.25) is 14.6 Å². The first kappa shape index (κ1) is 16.7. The van der Waals surface area contributed by atoms with Crippen LogP contribution in [0.25, 0.3) is 0 Å². The molecule has 0 atom stereocenters. The molecule has 9 nitrogen and oxygen atoms in total. The highest BCUT2D eigenvalue weighted by atomic mass is 16.6. The Balaban J connectivity index is 1.56. The van der Waals surface area contributed by atoms with Crippen molar-refractivity contribution in [2.75, 3.05) is 43.1 Å². The van der Waals surface area contributed by atoms with E-state index in [9.17, 15) is 9.59 Å². The number of carbonyl (C=O) groups excluding carboxylic acids is 2. The third-order valence-corrected chi connectivity index (χ3v) is 3.80. The summed E-state index contributed by atoms with van der Waals surface area (Å²) in [5.41, 5.74) is 0.536. The molecule has 1 aliphatic rings. The van der Waals surface area contributed by atoms with Crippen LogP contribution in [0.3, 0.4) is 0 Å². The minimum absolute atomic E-state index is 0.252. The molecule has 0 unspecified atom stereocenters. The van der Waals surface area contributed by atoms with Crippen LogP contribution in [-0.2, 0) is 4.74 Å². The average molecular weight is 346 g/mol. The van der Waals surface area contributed by atoms with Gasteiger partial charge >= 0.3 is 12.0 Å². The Kier molecular flexibility index (Phi) is 5.12. The van der Waals surface area contributed by atoms with Gasteiger partial charge in [0.15, 0.2) is 0 Å². The lowest BCUT2D eigenvalue weighted by Gasteiger charge is -2.29. The summed E-state index contributed by atoms with van der Waals surface area (Å²) in [6.45, 7) is 4.38. The highest BCUT2D eigenvalue weighted by molar-refractivity contribution is 6.03. The fourth-order valence-corrected chi connectivity index (χ4v) is 2.50. The van der Waals surface area contributed by atoms with Gasteiger partial charge in [-0.15, -0.1) is 5.01 Å². The van der Waals surface area contributed by atoms with Crippen LogP contribution >= 0.6 is 0 Å². The third-order valence-electron chi connectivity index (χ3n) is 3.80. The lowest BCUT2D eigenvalue weighted by Crippen LogP contribution is -2.65. The van der Waals surface area contributed by atoms with E-state index in [1.165, 1.54) is 4.79 Å². The number of hydrogen-bond acceptors (Lipinski definition) is 6. The first-order valence-corrected chi connectivity index (χ1v) is 8.09. The van der Waals surface area contributed by atoms with Crippen LogP contribution < -0.4 is 15.1 Å². The fourth-order valence-electron chi connectivity index (χ4n) is 2.50. The maximum absolute atomic E-state index is 12.1. The standard InChI is InChI=1S/C16H19N5O4/c1-2-24-16(23)19-8-10-20(11-9-19)21-12-14(25-18-21)17-15(22)13-6-4-3-5-7-13/h3-7,12H,2,8-11H2,1H3/p+1. The van der Waals surface area contributed by atoms with Crippen LogP contribution in [0.5, 0.6) is 0 Å². The Labute approximate surface area is 144 Å². The van der Waals surface area contributed by atoms with Gasteiger partial charge in [-0.1, -0.05) is 18.2 Å². The van der Waals surface area contributed by atoms with Gasteiger partial charge in [0.2, 0.25) is 5.27 Å². The van der Waals surface area contributed by atoms with Gasteiger partial charge in [-0.25, -0.2) is 4.79 Å². The SMILES string of the molecule is CCOC(=O)N1CCN([n+]2cc(NC(=O)c3ccccc3)on2)CC1. The Hall–Kier alpha value is -3.10. The van der Waals surface area contributed by atoms with E-state index in [2.05, 4.69) is 10.6 Å². The number of ether oxygens (including phenoxy) is 1. The van der Waals surface area contributed by atoms with E-state index in [4.69, 9.17) is 9.26 Å². The molecular formula is C16H20N5O4+. The smallest absolute Gasteiger partial charge is 0.409 e. The summed E-state index contributed by atoms with van der Waals surface area (Å²) in [7, 11) is 0. The topological polar surface area (TPSA) is 91.8 Å². The molecule has 2 heterocycles. The van der Waals surface area contributed by atoms with Crippen LogP contribution in [0, 0.1) is 0 Å². The Morgan fingerprint density at radius 3 is 2.64 bits per heavy atom. The number of hydrogen-bond donors (Lipinski definition) is 1. The second-order valence-corrected chi connectivity index (χ2v) is 5.45. The van der Waals surface area contributed by atoms with Crippen molar-refractivity contribution in [3.63, 3.8) is 0 Å². The molecule has 1 N–H and O–H groups in total. The van der Waals surface area contributed by atoms with Gasteiger partial charge in [-0.05, 0) is 19.1 Å². The molecule has 0 saturated carbocycles. The van der Waals surface area contributed by atoms with E-state index in [1.807, 2.05) is 11.1 Å².